The molecule has 2 rings (SSSR count). The van der Waals surface area contributed by atoms with Gasteiger partial charge in [-0.1, -0.05) is 25.4 Å². The van der Waals surface area contributed by atoms with E-state index in [9.17, 15) is 9.59 Å². The Labute approximate surface area is 147 Å². The lowest BCUT2D eigenvalue weighted by Crippen LogP contribution is -2.37. The van der Waals surface area contributed by atoms with Gasteiger partial charge >= 0.3 is 5.97 Å². The van der Waals surface area contributed by atoms with E-state index in [1.807, 2.05) is 32.9 Å². The first-order chi connectivity index (χ1) is 11.3. The van der Waals surface area contributed by atoms with Gasteiger partial charge in [0.15, 0.2) is 12.7 Å². The molecule has 1 atom stereocenters. The second kappa shape index (κ2) is 7.88. The molecule has 0 spiro atoms. The number of nitrogens with one attached hydrogen (secondary N) is 1. The molecule has 6 heteroatoms. The minimum atomic E-state index is -0.821. The highest BCUT2D eigenvalue weighted by Gasteiger charge is 2.27. The molecule has 0 bridgehead atoms. The molecule has 1 amide bonds. The minimum absolute atomic E-state index is 0.206. The highest BCUT2D eigenvalue weighted by atomic mass is 35.5. The smallest absolute Gasteiger partial charge is 0.344 e. The zero-order valence-electron chi connectivity index (χ0n) is 14.5. The van der Waals surface area contributed by atoms with Crippen LogP contribution in [-0.2, 0) is 14.3 Å². The van der Waals surface area contributed by atoms with Crippen LogP contribution < -0.4 is 10.1 Å². The number of hydrogen-bond donors (Lipinski definition) is 1. The van der Waals surface area contributed by atoms with Gasteiger partial charge < -0.3 is 14.8 Å². The van der Waals surface area contributed by atoms with Crippen molar-refractivity contribution in [3.63, 3.8) is 0 Å². The van der Waals surface area contributed by atoms with Crippen molar-refractivity contribution in [2.45, 2.75) is 58.6 Å². The molecule has 1 N–H and O–H groups in total. The Morgan fingerprint density at radius 2 is 1.96 bits per heavy atom. The zero-order chi connectivity index (χ0) is 17.9. The summed E-state index contributed by atoms with van der Waals surface area (Å²) in [6.45, 7) is 7.23. The lowest BCUT2D eigenvalue weighted by molar-refractivity contribution is -0.156. The predicted octanol–water partition coefficient (Wildman–Crippen LogP) is 3.36. The molecule has 0 heterocycles. The van der Waals surface area contributed by atoms with E-state index in [1.165, 1.54) is 0 Å². The van der Waals surface area contributed by atoms with Gasteiger partial charge in [-0.15, -0.1) is 0 Å². The lowest BCUT2D eigenvalue weighted by Gasteiger charge is -2.17. The van der Waals surface area contributed by atoms with Crippen LogP contribution in [0.2, 0.25) is 5.02 Å². The largest absolute Gasteiger partial charge is 0.482 e. The van der Waals surface area contributed by atoms with Crippen molar-refractivity contribution in [2.75, 3.05) is 6.61 Å². The highest BCUT2D eigenvalue weighted by molar-refractivity contribution is 6.31. The van der Waals surface area contributed by atoms with Crippen molar-refractivity contribution >= 4 is 23.5 Å². The summed E-state index contributed by atoms with van der Waals surface area (Å²) in [5.74, 6) is -0.0249. The van der Waals surface area contributed by atoms with Crippen molar-refractivity contribution in [1.82, 2.24) is 5.32 Å². The van der Waals surface area contributed by atoms with E-state index in [4.69, 9.17) is 21.1 Å². The van der Waals surface area contributed by atoms with E-state index >= 15 is 0 Å². The number of benzene rings is 1. The average Bonchev–Trinajstić information content (AvgIpc) is 3.31. The van der Waals surface area contributed by atoms with Crippen LogP contribution in [0.4, 0.5) is 0 Å². The number of rotatable bonds is 7. The quantitative estimate of drug-likeness (QED) is 0.763. The summed E-state index contributed by atoms with van der Waals surface area (Å²) in [6, 6.07) is 3.91. The summed E-state index contributed by atoms with van der Waals surface area (Å²) < 4.78 is 10.7. The number of carbonyl (C=O) groups excluding carboxylic acids is 2. The van der Waals surface area contributed by atoms with E-state index in [0.29, 0.717) is 10.8 Å². The summed E-state index contributed by atoms with van der Waals surface area (Å²) in [7, 11) is 0. The van der Waals surface area contributed by atoms with Crippen LogP contribution in [0.25, 0.3) is 0 Å². The van der Waals surface area contributed by atoms with Crippen LogP contribution in [0.15, 0.2) is 12.1 Å². The van der Waals surface area contributed by atoms with Crippen LogP contribution in [0.1, 0.15) is 50.7 Å². The number of esters is 1. The number of hydrogen-bond acceptors (Lipinski definition) is 4. The third kappa shape index (κ3) is 5.13. The molecule has 132 valence electrons. The van der Waals surface area contributed by atoms with Crippen LogP contribution >= 0.6 is 11.6 Å². The molecule has 1 fully saturated rings. The maximum absolute atomic E-state index is 11.9. The minimum Gasteiger partial charge on any atom is -0.482 e. The second-order valence-electron chi connectivity index (χ2n) is 6.50. The van der Waals surface area contributed by atoms with Gasteiger partial charge in [0, 0.05) is 11.1 Å². The van der Waals surface area contributed by atoms with E-state index in [2.05, 4.69) is 5.32 Å². The molecular weight excluding hydrogens is 330 g/mol. The van der Waals surface area contributed by atoms with E-state index < -0.39 is 12.1 Å². The van der Waals surface area contributed by atoms with Crippen LogP contribution in [-0.4, -0.2) is 30.6 Å². The van der Waals surface area contributed by atoms with Crippen LogP contribution in [0.3, 0.4) is 0 Å². The molecule has 1 aromatic carbocycles. The molecule has 1 aliphatic carbocycles. The topological polar surface area (TPSA) is 64.6 Å². The molecule has 5 nitrogen and oxygen atoms in total. The SMILES string of the molecule is Cc1cc(OCC(=O)O[C@@H](C)C(=O)NC2CC2)c(C(C)C)cc1Cl. The normalized spacial score (nSPS) is 15.1. The van der Waals surface area contributed by atoms with Crippen molar-refractivity contribution in [2.24, 2.45) is 0 Å². The monoisotopic (exact) mass is 353 g/mol. The predicted molar refractivity (Wildman–Crippen MR) is 92.5 cm³/mol. The highest BCUT2D eigenvalue weighted by Crippen LogP contribution is 2.32. The van der Waals surface area contributed by atoms with Gasteiger partial charge in [0.1, 0.15) is 5.75 Å². The van der Waals surface area contributed by atoms with Crippen molar-refractivity contribution in [3.05, 3.63) is 28.3 Å². The van der Waals surface area contributed by atoms with Gasteiger partial charge in [-0.05, 0) is 55.9 Å². The molecule has 0 aromatic heterocycles. The number of carbonyl (C=O) groups is 2. The molecule has 0 unspecified atom stereocenters. The van der Waals surface area contributed by atoms with Crippen molar-refractivity contribution < 1.29 is 19.1 Å². The molecule has 1 aromatic rings. The van der Waals surface area contributed by atoms with Crippen LogP contribution in [0, 0.1) is 6.92 Å². The molecular formula is C18H24ClNO4. The molecule has 0 radical (unpaired) electrons. The fourth-order valence-corrected chi connectivity index (χ4v) is 2.39. The Bertz CT molecular complexity index is 626. The third-order valence-corrected chi connectivity index (χ3v) is 4.27. The van der Waals surface area contributed by atoms with Gasteiger partial charge in [-0.2, -0.15) is 0 Å². The molecule has 1 saturated carbocycles. The number of halogens is 1. The molecule has 0 aliphatic heterocycles. The van der Waals surface area contributed by atoms with Crippen molar-refractivity contribution in [1.29, 1.82) is 0 Å². The number of ether oxygens (including phenoxy) is 2. The Balaban J connectivity index is 1.91. The maximum atomic E-state index is 11.9. The van der Waals surface area contributed by atoms with Gasteiger partial charge in [-0.3, -0.25) is 4.79 Å². The fraction of sp³-hybridized carbons (Fsp3) is 0.556. The summed E-state index contributed by atoms with van der Waals surface area (Å²) in [4.78, 5) is 23.7. The first-order valence-electron chi connectivity index (χ1n) is 8.20. The molecule has 24 heavy (non-hydrogen) atoms. The van der Waals surface area contributed by atoms with Gasteiger partial charge in [-0.25, -0.2) is 4.79 Å². The first-order valence-corrected chi connectivity index (χ1v) is 8.58. The summed E-state index contributed by atoms with van der Waals surface area (Å²) in [6.07, 6.45) is 1.16. The van der Waals surface area contributed by atoms with Crippen molar-refractivity contribution in [3.8, 4) is 5.75 Å². The van der Waals surface area contributed by atoms with E-state index in [-0.39, 0.29) is 24.5 Å². The summed E-state index contributed by atoms with van der Waals surface area (Å²) in [5, 5.41) is 3.46. The Hall–Kier alpha value is -1.75. The van der Waals surface area contributed by atoms with E-state index in [1.54, 1.807) is 6.92 Å². The summed E-state index contributed by atoms with van der Waals surface area (Å²) >= 11 is 6.15. The lowest BCUT2D eigenvalue weighted by atomic mass is 10.0. The van der Waals surface area contributed by atoms with Gasteiger partial charge in [0.05, 0.1) is 0 Å². The molecule has 0 saturated heterocycles. The fourth-order valence-electron chi connectivity index (χ4n) is 2.21. The number of aryl methyl sites for hydroxylation is 1. The van der Waals surface area contributed by atoms with Crippen LogP contribution in [0.5, 0.6) is 5.75 Å². The zero-order valence-corrected chi connectivity index (χ0v) is 15.3. The Morgan fingerprint density at radius 3 is 2.54 bits per heavy atom. The van der Waals surface area contributed by atoms with Gasteiger partial charge in [0.25, 0.3) is 5.91 Å². The average molecular weight is 354 g/mol. The second-order valence-corrected chi connectivity index (χ2v) is 6.90. The summed E-state index contributed by atoms with van der Waals surface area (Å²) in [5.41, 5.74) is 1.81. The van der Waals surface area contributed by atoms with E-state index in [0.717, 1.165) is 24.0 Å². The standard InChI is InChI=1S/C18H24ClNO4/c1-10(2)14-8-15(19)11(3)7-16(14)23-9-17(21)24-12(4)18(22)20-13-5-6-13/h7-8,10,12-13H,5-6,9H2,1-4H3,(H,20,22)/t12-/m0/s1. The maximum Gasteiger partial charge on any atom is 0.344 e. The first kappa shape index (κ1) is 18.6. The Morgan fingerprint density at radius 1 is 1.29 bits per heavy atom. The number of amides is 1. The third-order valence-electron chi connectivity index (χ3n) is 3.86. The molecule has 1 aliphatic rings. The Kier molecular flexibility index (Phi) is 6.10. The van der Waals surface area contributed by atoms with Gasteiger partial charge in [0.2, 0.25) is 0 Å².